The normalized spacial score (nSPS) is 31.6. The van der Waals surface area contributed by atoms with Gasteiger partial charge in [-0.05, 0) is 37.6 Å². The Labute approximate surface area is 108 Å². The van der Waals surface area contributed by atoms with E-state index in [0.717, 1.165) is 24.4 Å². The monoisotopic (exact) mass is 237 g/mol. The summed E-state index contributed by atoms with van der Waals surface area (Å²) < 4.78 is 0. The molecule has 2 unspecified atom stereocenters. The van der Waals surface area contributed by atoms with Crippen molar-refractivity contribution in [3.63, 3.8) is 0 Å². The maximum Gasteiger partial charge on any atom is 0.00952 e. The first-order chi connectivity index (χ1) is 8.40. The van der Waals surface area contributed by atoms with Crippen LogP contribution >= 0.6 is 0 Å². The Kier molecular flexibility index (Phi) is 5.84. The average Bonchev–Trinajstić information content (AvgIpc) is 2.76. The van der Waals surface area contributed by atoms with E-state index in [-0.39, 0.29) is 0 Å². The first-order valence-electron chi connectivity index (χ1n) is 8.13. The molecule has 0 aliphatic heterocycles. The summed E-state index contributed by atoms with van der Waals surface area (Å²) in [5, 5.41) is 3.75. The Morgan fingerprint density at radius 1 is 0.824 bits per heavy atom. The van der Waals surface area contributed by atoms with Crippen molar-refractivity contribution in [1.29, 1.82) is 0 Å². The molecular weight excluding hydrogens is 206 g/mol. The summed E-state index contributed by atoms with van der Waals surface area (Å²) in [5.41, 5.74) is 0. The molecule has 0 spiro atoms. The number of rotatable bonds is 5. The second-order valence-electron chi connectivity index (χ2n) is 6.29. The van der Waals surface area contributed by atoms with E-state index in [1.807, 2.05) is 0 Å². The second kappa shape index (κ2) is 7.41. The minimum atomic E-state index is 0.837. The standard InChI is InChI=1S/C16H31N/c1-2-17-16-11-5-3-4-10-15(16)13-12-14-8-6-7-9-14/h14-17H,2-13H2,1H3. The van der Waals surface area contributed by atoms with Gasteiger partial charge >= 0.3 is 0 Å². The van der Waals surface area contributed by atoms with Gasteiger partial charge in [0.1, 0.15) is 0 Å². The van der Waals surface area contributed by atoms with Crippen molar-refractivity contribution in [2.75, 3.05) is 6.54 Å². The Balaban J connectivity index is 1.77. The summed E-state index contributed by atoms with van der Waals surface area (Å²) in [4.78, 5) is 0. The predicted molar refractivity (Wildman–Crippen MR) is 75.2 cm³/mol. The topological polar surface area (TPSA) is 12.0 Å². The third-order valence-electron chi connectivity index (χ3n) is 5.05. The lowest BCUT2D eigenvalue weighted by Gasteiger charge is -2.27. The smallest absolute Gasteiger partial charge is 0.00952 e. The van der Waals surface area contributed by atoms with E-state index in [1.54, 1.807) is 0 Å². The van der Waals surface area contributed by atoms with Crippen LogP contribution in [-0.4, -0.2) is 12.6 Å². The fraction of sp³-hybridized carbons (Fsp3) is 1.00. The van der Waals surface area contributed by atoms with Gasteiger partial charge in [-0.15, -0.1) is 0 Å². The molecule has 17 heavy (non-hydrogen) atoms. The van der Waals surface area contributed by atoms with Crippen LogP contribution in [0.5, 0.6) is 0 Å². The maximum atomic E-state index is 3.75. The lowest BCUT2D eigenvalue weighted by Crippen LogP contribution is -2.35. The summed E-state index contributed by atoms with van der Waals surface area (Å²) in [7, 11) is 0. The SMILES string of the molecule is CCNC1CCCCCC1CCC1CCCC1. The molecule has 0 saturated heterocycles. The van der Waals surface area contributed by atoms with Crippen molar-refractivity contribution in [3.05, 3.63) is 0 Å². The molecule has 0 amide bonds. The largest absolute Gasteiger partial charge is 0.314 e. The first kappa shape index (κ1) is 13.4. The van der Waals surface area contributed by atoms with Crippen LogP contribution in [0.3, 0.4) is 0 Å². The zero-order valence-electron chi connectivity index (χ0n) is 11.7. The second-order valence-corrected chi connectivity index (χ2v) is 6.29. The van der Waals surface area contributed by atoms with Gasteiger partial charge in [-0.2, -0.15) is 0 Å². The molecule has 0 aromatic carbocycles. The Morgan fingerprint density at radius 2 is 1.53 bits per heavy atom. The van der Waals surface area contributed by atoms with E-state index < -0.39 is 0 Å². The van der Waals surface area contributed by atoms with Gasteiger partial charge in [-0.1, -0.05) is 58.3 Å². The quantitative estimate of drug-likeness (QED) is 0.693. The summed E-state index contributed by atoms with van der Waals surface area (Å²) in [6.45, 7) is 3.42. The third kappa shape index (κ3) is 4.28. The van der Waals surface area contributed by atoms with Crippen molar-refractivity contribution in [1.82, 2.24) is 5.32 Å². The fourth-order valence-corrected chi connectivity index (χ4v) is 4.01. The molecule has 2 saturated carbocycles. The number of hydrogen-bond acceptors (Lipinski definition) is 1. The van der Waals surface area contributed by atoms with Crippen molar-refractivity contribution in [2.24, 2.45) is 11.8 Å². The van der Waals surface area contributed by atoms with E-state index in [2.05, 4.69) is 12.2 Å². The van der Waals surface area contributed by atoms with E-state index in [4.69, 9.17) is 0 Å². The van der Waals surface area contributed by atoms with Crippen molar-refractivity contribution in [3.8, 4) is 0 Å². The molecule has 0 heterocycles. The van der Waals surface area contributed by atoms with Crippen LogP contribution in [0.1, 0.15) is 77.6 Å². The number of nitrogens with one attached hydrogen (secondary N) is 1. The Bertz CT molecular complexity index is 196. The van der Waals surface area contributed by atoms with Crippen LogP contribution in [0.4, 0.5) is 0 Å². The molecule has 0 bridgehead atoms. The fourth-order valence-electron chi connectivity index (χ4n) is 4.01. The summed E-state index contributed by atoms with van der Waals surface area (Å²) in [6.07, 6.45) is 16.4. The van der Waals surface area contributed by atoms with Crippen LogP contribution in [0, 0.1) is 11.8 Å². The van der Waals surface area contributed by atoms with E-state index in [1.165, 1.54) is 70.6 Å². The highest BCUT2D eigenvalue weighted by atomic mass is 14.9. The Hall–Kier alpha value is -0.0400. The van der Waals surface area contributed by atoms with Crippen molar-refractivity contribution >= 4 is 0 Å². The molecule has 1 heteroatoms. The van der Waals surface area contributed by atoms with Gasteiger partial charge in [0.05, 0.1) is 0 Å². The highest BCUT2D eigenvalue weighted by molar-refractivity contribution is 4.80. The minimum absolute atomic E-state index is 0.837. The van der Waals surface area contributed by atoms with Crippen LogP contribution < -0.4 is 5.32 Å². The van der Waals surface area contributed by atoms with Crippen molar-refractivity contribution < 1.29 is 0 Å². The molecule has 0 radical (unpaired) electrons. The van der Waals surface area contributed by atoms with Gasteiger partial charge < -0.3 is 5.32 Å². The van der Waals surface area contributed by atoms with Gasteiger partial charge in [0.2, 0.25) is 0 Å². The van der Waals surface area contributed by atoms with Gasteiger partial charge in [-0.3, -0.25) is 0 Å². The molecule has 2 rings (SSSR count). The molecule has 1 nitrogen and oxygen atoms in total. The summed E-state index contributed by atoms with van der Waals surface area (Å²) >= 11 is 0. The number of hydrogen-bond donors (Lipinski definition) is 1. The summed E-state index contributed by atoms with van der Waals surface area (Å²) in [5.74, 6) is 2.07. The summed E-state index contributed by atoms with van der Waals surface area (Å²) in [6, 6.07) is 0.837. The molecule has 2 atom stereocenters. The predicted octanol–water partition coefficient (Wildman–Crippen LogP) is 4.52. The Morgan fingerprint density at radius 3 is 2.29 bits per heavy atom. The van der Waals surface area contributed by atoms with E-state index in [0.29, 0.717) is 0 Å². The lowest BCUT2D eigenvalue weighted by atomic mass is 9.86. The van der Waals surface area contributed by atoms with Crippen LogP contribution in [0.25, 0.3) is 0 Å². The highest BCUT2D eigenvalue weighted by Gasteiger charge is 2.24. The highest BCUT2D eigenvalue weighted by Crippen LogP contribution is 2.33. The molecule has 0 aromatic rings. The maximum absolute atomic E-state index is 3.75. The van der Waals surface area contributed by atoms with Crippen molar-refractivity contribution in [2.45, 2.75) is 83.6 Å². The molecule has 1 N–H and O–H groups in total. The molecule has 2 aliphatic rings. The molecule has 2 fully saturated rings. The van der Waals surface area contributed by atoms with Gasteiger partial charge in [0.25, 0.3) is 0 Å². The van der Waals surface area contributed by atoms with E-state index >= 15 is 0 Å². The lowest BCUT2D eigenvalue weighted by molar-refractivity contribution is 0.294. The van der Waals surface area contributed by atoms with Crippen LogP contribution in [0.2, 0.25) is 0 Å². The van der Waals surface area contributed by atoms with Gasteiger partial charge in [0.15, 0.2) is 0 Å². The van der Waals surface area contributed by atoms with Crippen LogP contribution in [0.15, 0.2) is 0 Å². The van der Waals surface area contributed by atoms with Gasteiger partial charge in [-0.25, -0.2) is 0 Å². The molecule has 100 valence electrons. The molecule has 2 aliphatic carbocycles. The zero-order chi connectivity index (χ0) is 11.9. The average molecular weight is 237 g/mol. The third-order valence-corrected chi connectivity index (χ3v) is 5.05. The zero-order valence-corrected chi connectivity index (χ0v) is 11.7. The van der Waals surface area contributed by atoms with Crippen LogP contribution in [-0.2, 0) is 0 Å². The first-order valence-corrected chi connectivity index (χ1v) is 8.13. The molecule has 0 aromatic heterocycles. The van der Waals surface area contributed by atoms with E-state index in [9.17, 15) is 0 Å². The minimum Gasteiger partial charge on any atom is -0.314 e. The molecular formula is C16H31N. The van der Waals surface area contributed by atoms with Gasteiger partial charge in [0, 0.05) is 6.04 Å².